The van der Waals surface area contributed by atoms with Gasteiger partial charge in [-0.25, -0.2) is 22.9 Å². The maximum atomic E-state index is 13.4. The number of benzene rings is 3. The molecule has 4 rings (SSSR count). The third kappa shape index (κ3) is 4.81. The highest BCUT2D eigenvalue weighted by molar-refractivity contribution is 9.10. The Hall–Kier alpha value is -2.04. The van der Waals surface area contributed by atoms with Gasteiger partial charge in [0.2, 0.25) is 10.0 Å². The fourth-order valence-corrected chi connectivity index (χ4v) is 6.04. The number of primary sulfonamides is 1. The third-order valence-corrected chi connectivity index (χ3v) is 7.75. The minimum Gasteiger partial charge on any atom is -0.229 e. The van der Waals surface area contributed by atoms with Crippen LogP contribution in [0.1, 0.15) is 0 Å². The molecule has 152 valence electrons. The zero-order valence-electron chi connectivity index (χ0n) is 15.2. The predicted molar refractivity (Wildman–Crippen MR) is 123 cm³/mol. The molecule has 0 aliphatic carbocycles. The summed E-state index contributed by atoms with van der Waals surface area (Å²) in [5.74, 6) is -0.322. The van der Waals surface area contributed by atoms with Crippen molar-refractivity contribution in [2.75, 3.05) is 0 Å². The van der Waals surface area contributed by atoms with Gasteiger partial charge in [0.25, 0.3) is 0 Å². The molecule has 0 aliphatic rings. The molecular formula is C21H14BrFN2O2S3. The maximum absolute atomic E-state index is 13.4. The van der Waals surface area contributed by atoms with Crippen molar-refractivity contribution >= 4 is 49.1 Å². The summed E-state index contributed by atoms with van der Waals surface area (Å²) in [6.07, 6.45) is 0. The summed E-state index contributed by atoms with van der Waals surface area (Å²) in [4.78, 5) is 6.72. The van der Waals surface area contributed by atoms with Crippen molar-refractivity contribution < 1.29 is 12.8 Å². The molecule has 1 heterocycles. The molecule has 0 radical (unpaired) electrons. The van der Waals surface area contributed by atoms with Gasteiger partial charge in [0.15, 0.2) is 4.34 Å². The Kier molecular flexibility index (Phi) is 6.08. The lowest BCUT2D eigenvalue weighted by atomic mass is 10.1. The number of hydrogen-bond acceptors (Lipinski definition) is 5. The van der Waals surface area contributed by atoms with Gasteiger partial charge in [-0.05, 0) is 60.2 Å². The van der Waals surface area contributed by atoms with Crippen LogP contribution in [0.15, 0.2) is 91.4 Å². The Labute approximate surface area is 190 Å². The molecule has 4 aromatic rings. The second-order valence-corrected chi connectivity index (χ2v) is 11.1. The Balaban J connectivity index is 1.79. The van der Waals surface area contributed by atoms with Crippen molar-refractivity contribution in [3.8, 4) is 21.7 Å². The highest BCUT2D eigenvalue weighted by atomic mass is 79.9. The number of rotatable bonds is 5. The quantitative estimate of drug-likeness (QED) is 0.341. The molecule has 9 heteroatoms. The Bertz CT molecular complexity index is 1310. The van der Waals surface area contributed by atoms with Crippen LogP contribution in [0.2, 0.25) is 0 Å². The molecule has 1 aromatic heterocycles. The molecule has 0 atom stereocenters. The van der Waals surface area contributed by atoms with E-state index in [4.69, 9.17) is 10.1 Å². The zero-order chi connectivity index (χ0) is 21.3. The molecule has 0 amide bonds. The zero-order valence-corrected chi connectivity index (χ0v) is 19.3. The van der Waals surface area contributed by atoms with Gasteiger partial charge in [0, 0.05) is 14.9 Å². The summed E-state index contributed by atoms with van der Waals surface area (Å²) in [5, 5.41) is 5.20. The minimum atomic E-state index is -3.77. The van der Waals surface area contributed by atoms with E-state index in [0.717, 1.165) is 29.7 Å². The van der Waals surface area contributed by atoms with Crippen LogP contribution in [0.3, 0.4) is 0 Å². The monoisotopic (exact) mass is 520 g/mol. The van der Waals surface area contributed by atoms with Gasteiger partial charge in [-0.2, -0.15) is 0 Å². The molecule has 0 spiro atoms. The van der Waals surface area contributed by atoms with Crippen LogP contribution in [-0.2, 0) is 10.0 Å². The van der Waals surface area contributed by atoms with E-state index in [2.05, 4.69) is 15.9 Å². The lowest BCUT2D eigenvalue weighted by molar-refractivity contribution is 0.598. The first-order chi connectivity index (χ1) is 14.3. The molecule has 4 nitrogen and oxygen atoms in total. The van der Waals surface area contributed by atoms with E-state index in [1.165, 1.54) is 47.4 Å². The first-order valence-corrected chi connectivity index (χ1v) is 12.6. The highest BCUT2D eigenvalue weighted by Gasteiger charge is 2.17. The van der Waals surface area contributed by atoms with Gasteiger partial charge < -0.3 is 0 Å². The van der Waals surface area contributed by atoms with Gasteiger partial charge in [0.05, 0.1) is 15.5 Å². The van der Waals surface area contributed by atoms with Crippen LogP contribution in [0.4, 0.5) is 4.39 Å². The summed E-state index contributed by atoms with van der Waals surface area (Å²) in [5.41, 5.74) is 2.29. The fourth-order valence-electron chi connectivity index (χ4n) is 2.77. The average molecular weight is 521 g/mol. The van der Waals surface area contributed by atoms with Crippen LogP contribution in [-0.4, -0.2) is 13.4 Å². The maximum Gasteiger partial charge on any atom is 0.238 e. The van der Waals surface area contributed by atoms with Crippen molar-refractivity contribution in [1.29, 1.82) is 0 Å². The number of thiazole rings is 1. The number of nitrogens with two attached hydrogens (primary N) is 1. The smallest absolute Gasteiger partial charge is 0.229 e. The lowest BCUT2D eigenvalue weighted by Crippen LogP contribution is -2.11. The van der Waals surface area contributed by atoms with E-state index in [1.54, 1.807) is 24.3 Å². The van der Waals surface area contributed by atoms with Crippen LogP contribution >= 0.6 is 39.0 Å². The largest absolute Gasteiger partial charge is 0.238 e. The Morgan fingerprint density at radius 3 is 2.27 bits per heavy atom. The summed E-state index contributed by atoms with van der Waals surface area (Å²) in [7, 11) is -3.77. The molecule has 0 fully saturated rings. The molecule has 0 saturated heterocycles. The number of nitrogens with zero attached hydrogens (tertiary/aromatic N) is 1. The second-order valence-electron chi connectivity index (χ2n) is 6.29. The van der Waals surface area contributed by atoms with Crippen LogP contribution in [0.5, 0.6) is 0 Å². The number of aromatic nitrogens is 1. The summed E-state index contributed by atoms with van der Waals surface area (Å²) in [6.45, 7) is 0. The van der Waals surface area contributed by atoms with Gasteiger partial charge >= 0.3 is 0 Å². The Morgan fingerprint density at radius 2 is 1.63 bits per heavy atom. The SMILES string of the molecule is NS(=O)(=O)c1ccc(-c2sc(Sc3cccc(Br)c3)nc2-c2ccc(F)cc2)cc1. The first-order valence-electron chi connectivity index (χ1n) is 8.63. The average Bonchev–Trinajstić information content (AvgIpc) is 3.12. The van der Waals surface area contributed by atoms with E-state index in [1.807, 2.05) is 24.3 Å². The number of sulfonamides is 1. The van der Waals surface area contributed by atoms with Gasteiger partial charge in [-0.15, -0.1) is 11.3 Å². The second kappa shape index (κ2) is 8.60. The molecule has 0 saturated carbocycles. The van der Waals surface area contributed by atoms with E-state index >= 15 is 0 Å². The molecule has 0 aliphatic heterocycles. The van der Waals surface area contributed by atoms with E-state index in [9.17, 15) is 12.8 Å². The predicted octanol–water partition coefficient (Wildman–Crippen LogP) is 6.18. The van der Waals surface area contributed by atoms with Crippen molar-refractivity contribution in [3.05, 3.63) is 83.1 Å². The van der Waals surface area contributed by atoms with Crippen molar-refractivity contribution in [3.63, 3.8) is 0 Å². The standard InChI is InChI=1S/C21H14BrFN2O2S3/c22-15-2-1-3-17(12-15)28-21-25-19(13-4-8-16(23)9-5-13)20(29-21)14-6-10-18(11-7-14)30(24,26)27/h1-12H,(H2,24,26,27). The lowest BCUT2D eigenvalue weighted by Gasteiger charge is -2.04. The van der Waals surface area contributed by atoms with Gasteiger partial charge in [-0.1, -0.05) is 45.9 Å². The molecule has 30 heavy (non-hydrogen) atoms. The third-order valence-electron chi connectivity index (χ3n) is 4.17. The molecule has 0 unspecified atom stereocenters. The van der Waals surface area contributed by atoms with Crippen LogP contribution in [0.25, 0.3) is 21.7 Å². The van der Waals surface area contributed by atoms with Crippen molar-refractivity contribution in [2.24, 2.45) is 5.14 Å². The van der Waals surface area contributed by atoms with Crippen molar-refractivity contribution in [1.82, 2.24) is 4.98 Å². The molecule has 0 bridgehead atoms. The summed E-state index contributed by atoms with van der Waals surface area (Å²) in [6, 6.07) is 20.4. The fraction of sp³-hybridized carbons (Fsp3) is 0. The van der Waals surface area contributed by atoms with Gasteiger partial charge in [0.1, 0.15) is 5.82 Å². The highest BCUT2D eigenvalue weighted by Crippen LogP contribution is 2.42. The molecule has 3 aromatic carbocycles. The van der Waals surface area contributed by atoms with Crippen LogP contribution in [0, 0.1) is 5.82 Å². The van der Waals surface area contributed by atoms with Crippen molar-refractivity contribution in [2.45, 2.75) is 14.1 Å². The topological polar surface area (TPSA) is 73.1 Å². The summed E-state index contributed by atoms with van der Waals surface area (Å²) < 4.78 is 38.3. The van der Waals surface area contributed by atoms with E-state index < -0.39 is 10.0 Å². The normalized spacial score (nSPS) is 11.6. The number of hydrogen-bond donors (Lipinski definition) is 1. The van der Waals surface area contributed by atoms with Gasteiger partial charge in [-0.3, -0.25) is 0 Å². The first kappa shape index (κ1) is 21.2. The molecule has 2 N–H and O–H groups in total. The van der Waals surface area contributed by atoms with E-state index in [0.29, 0.717) is 5.69 Å². The number of halogens is 2. The Morgan fingerprint density at radius 1 is 0.967 bits per heavy atom. The van der Waals surface area contributed by atoms with E-state index in [-0.39, 0.29) is 10.7 Å². The minimum absolute atomic E-state index is 0.0443. The van der Waals surface area contributed by atoms with Crippen LogP contribution < -0.4 is 5.14 Å². The summed E-state index contributed by atoms with van der Waals surface area (Å²) >= 11 is 6.48. The molecular weight excluding hydrogens is 507 g/mol.